The lowest BCUT2D eigenvalue weighted by atomic mass is 9.99. The number of benzene rings is 1. The number of amides is 2. The average molecular weight is 460 g/mol. The minimum atomic E-state index is -1.11. The third kappa shape index (κ3) is 3.25. The standard InChI is InChI=1S/C20H16ClF2N7O2/c1-8(25-7-31)15-18(23)17(21)16(10-3-26-29-19(10)15)12-5-30-6-13(27-14(30)4-24-12)28-20(32)9-2-11(9)22/h3-9,11H,2H2,1H3,(H,25,31)(H,26,29)(H,28,32). The lowest BCUT2D eigenvalue weighted by Crippen LogP contribution is -2.18. The summed E-state index contributed by atoms with van der Waals surface area (Å²) in [4.78, 5) is 31.4. The van der Waals surface area contributed by atoms with Crippen molar-refractivity contribution in [2.75, 3.05) is 5.32 Å². The Morgan fingerprint density at radius 3 is 2.91 bits per heavy atom. The zero-order valence-corrected chi connectivity index (χ0v) is 17.3. The molecule has 0 aliphatic heterocycles. The van der Waals surface area contributed by atoms with E-state index in [-0.39, 0.29) is 22.8 Å². The fourth-order valence-corrected chi connectivity index (χ4v) is 4.02. The van der Waals surface area contributed by atoms with E-state index >= 15 is 4.39 Å². The molecule has 3 heterocycles. The molecule has 3 atom stereocenters. The predicted molar refractivity (Wildman–Crippen MR) is 112 cm³/mol. The number of H-pyrrole nitrogens is 1. The zero-order chi connectivity index (χ0) is 22.6. The number of hydrogen-bond acceptors (Lipinski definition) is 5. The highest BCUT2D eigenvalue weighted by molar-refractivity contribution is 6.35. The van der Waals surface area contributed by atoms with Gasteiger partial charge in [0.15, 0.2) is 11.5 Å². The van der Waals surface area contributed by atoms with Crippen LogP contribution < -0.4 is 10.6 Å². The van der Waals surface area contributed by atoms with E-state index in [1.165, 1.54) is 12.4 Å². The molecule has 0 radical (unpaired) electrons. The predicted octanol–water partition coefficient (Wildman–Crippen LogP) is 3.17. The number of nitrogens with one attached hydrogen (secondary N) is 3. The van der Waals surface area contributed by atoms with Gasteiger partial charge in [0.25, 0.3) is 0 Å². The van der Waals surface area contributed by atoms with Crippen LogP contribution in [-0.2, 0) is 9.59 Å². The van der Waals surface area contributed by atoms with E-state index in [1.54, 1.807) is 23.7 Å². The smallest absolute Gasteiger partial charge is 0.231 e. The van der Waals surface area contributed by atoms with Crippen molar-refractivity contribution in [2.24, 2.45) is 5.92 Å². The number of aromatic nitrogens is 5. The molecule has 12 heteroatoms. The summed E-state index contributed by atoms with van der Waals surface area (Å²) in [7, 11) is 0. The summed E-state index contributed by atoms with van der Waals surface area (Å²) >= 11 is 6.40. The number of hydrogen-bond donors (Lipinski definition) is 3. The first-order valence-corrected chi connectivity index (χ1v) is 10.1. The minimum Gasteiger partial charge on any atom is -0.352 e. The molecule has 32 heavy (non-hydrogen) atoms. The van der Waals surface area contributed by atoms with Crippen LogP contribution in [0.4, 0.5) is 14.6 Å². The molecule has 0 bridgehead atoms. The molecular formula is C20H16ClF2N7O2. The van der Waals surface area contributed by atoms with Gasteiger partial charge in [0.2, 0.25) is 12.3 Å². The molecule has 1 aromatic carbocycles. The van der Waals surface area contributed by atoms with Crippen LogP contribution in [0.5, 0.6) is 0 Å². The second kappa shape index (κ2) is 7.52. The van der Waals surface area contributed by atoms with Gasteiger partial charge in [0.1, 0.15) is 12.0 Å². The number of nitrogens with zero attached hydrogens (tertiary/aromatic N) is 4. The second-order valence-electron chi connectivity index (χ2n) is 7.59. The van der Waals surface area contributed by atoms with Crippen molar-refractivity contribution in [2.45, 2.75) is 25.6 Å². The maximum Gasteiger partial charge on any atom is 0.231 e. The van der Waals surface area contributed by atoms with Crippen LogP contribution in [0.2, 0.25) is 5.02 Å². The van der Waals surface area contributed by atoms with Crippen LogP contribution in [0, 0.1) is 11.7 Å². The Kier molecular flexibility index (Phi) is 4.77. The molecule has 3 N–H and O–H groups in total. The maximum absolute atomic E-state index is 15.2. The number of fused-ring (bicyclic) bond motifs is 2. The van der Waals surface area contributed by atoms with Gasteiger partial charge in [-0.3, -0.25) is 19.7 Å². The average Bonchev–Trinajstić information content (AvgIpc) is 3.12. The lowest BCUT2D eigenvalue weighted by molar-refractivity contribution is -0.117. The normalized spacial score (nSPS) is 18.6. The Morgan fingerprint density at radius 2 is 2.19 bits per heavy atom. The Bertz CT molecular complexity index is 1390. The van der Waals surface area contributed by atoms with E-state index < -0.39 is 29.9 Å². The van der Waals surface area contributed by atoms with E-state index in [4.69, 9.17) is 11.6 Å². The van der Waals surface area contributed by atoms with E-state index in [1.807, 2.05) is 0 Å². The SMILES string of the molecule is CC(NC=O)c1c(F)c(Cl)c(-c2cn3cc(NC(=O)C4CC4F)nc3cn2)c2cn[nH]c12. The van der Waals surface area contributed by atoms with Crippen LogP contribution in [0.25, 0.3) is 27.8 Å². The summed E-state index contributed by atoms with van der Waals surface area (Å²) < 4.78 is 29.9. The third-order valence-corrected chi connectivity index (χ3v) is 5.83. The summed E-state index contributed by atoms with van der Waals surface area (Å²) in [6.07, 6.45) is 5.68. The Balaban J connectivity index is 1.58. The van der Waals surface area contributed by atoms with Gasteiger partial charge in [-0.05, 0) is 13.3 Å². The molecule has 3 unspecified atom stereocenters. The van der Waals surface area contributed by atoms with Crippen LogP contribution in [0.3, 0.4) is 0 Å². The van der Waals surface area contributed by atoms with E-state index in [2.05, 4.69) is 30.8 Å². The molecule has 0 spiro atoms. The van der Waals surface area contributed by atoms with E-state index in [9.17, 15) is 14.0 Å². The van der Waals surface area contributed by atoms with Crippen LogP contribution in [-0.4, -0.2) is 43.1 Å². The molecule has 1 saturated carbocycles. The summed E-state index contributed by atoms with van der Waals surface area (Å²) in [5, 5.41) is 12.2. The molecule has 1 fully saturated rings. The summed E-state index contributed by atoms with van der Waals surface area (Å²) in [6, 6.07) is -0.646. The van der Waals surface area contributed by atoms with Gasteiger partial charge in [0.05, 0.1) is 46.8 Å². The quantitative estimate of drug-likeness (QED) is 0.383. The highest BCUT2D eigenvalue weighted by atomic mass is 35.5. The monoisotopic (exact) mass is 459 g/mol. The number of alkyl halides is 1. The molecule has 9 nitrogen and oxygen atoms in total. The summed E-state index contributed by atoms with van der Waals surface area (Å²) in [5.74, 6) is -1.51. The molecule has 4 aromatic rings. The molecule has 1 aliphatic rings. The lowest BCUT2D eigenvalue weighted by Gasteiger charge is -2.16. The minimum absolute atomic E-state index is 0.170. The van der Waals surface area contributed by atoms with Crippen LogP contribution in [0.1, 0.15) is 24.9 Å². The van der Waals surface area contributed by atoms with E-state index in [0.29, 0.717) is 34.2 Å². The topological polar surface area (TPSA) is 117 Å². The molecule has 5 rings (SSSR count). The van der Waals surface area contributed by atoms with Gasteiger partial charge in [-0.2, -0.15) is 5.10 Å². The highest BCUT2D eigenvalue weighted by Crippen LogP contribution is 2.40. The Hall–Kier alpha value is -3.60. The van der Waals surface area contributed by atoms with Crippen molar-refractivity contribution in [1.29, 1.82) is 0 Å². The van der Waals surface area contributed by atoms with Gasteiger partial charge in [-0.15, -0.1) is 0 Å². The number of halogens is 3. The summed E-state index contributed by atoms with van der Waals surface area (Å²) in [6.45, 7) is 1.63. The third-order valence-electron chi connectivity index (χ3n) is 5.48. The first-order valence-electron chi connectivity index (χ1n) is 9.72. The summed E-state index contributed by atoms with van der Waals surface area (Å²) in [5.41, 5.74) is 1.65. The van der Waals surface area contributed by atoms with Crippen molar-refractivity contribution in [3.8, 4) is 11.3 Å². The Morgan fingerprint density at radius 1 is 1.41 bits per heavy atom. The van der Waals surface area contributed by atoms with Crippen molar-refractivity contribution in [3.63, 3.8) is 0 Å². The van der Waals surface area contributed by atoms with E-state index in [0.717, 1.165) is 0 Å². The zero-order valence-electron chi connectivity index (χ0n) is 16.6. The van der Waals surface area contributed by atoms with Gasteiger partial charge >= 0.3 is 0 Å². The van der Waals surface area contributed by atoms with Crippen LogP contribution >= 0.6 is 11.6 Å². The van der Waals surface area contributed by atoms with Crippen molar-refractivity contribution in [3.05, 3.63) is 41.2 Å². The molecule has 0 saturated heterocycles. The largest absolute Gasteiger partial charge is 0.352 e. The number of imidazole rings is 1. The number of rotatable bonds is 6. The van der Waals surface area contributed by atoms with Crippen molar-refractivity contribution in [1.82, 2.24) is 29.9 Å². The van der Waals surface area contributed by atoms with Crippen molar-refractivity contribution >= 4 is 46.3 Å². The number of carbonyl (C=O) groups is 2. The second-order valence-corrected chi connectivity index (χ2v) is 7.97. The maximum atomic E-state index is 15.2. The Labute approximate surface area is 184 Å². The molecular weight excluding hydrogens is 444 g/mol. The molecule has 1 aliphatic carbocycles. The number of carbonyl (C=O) groups excluding carboxylic acids is 2. The number of anilines is 1. The fourth-order valence-electron chi connectivity index (χ4n) is 3.72. The highest BCUT2D eigenvalue weighted by Gasteiger charge is 2.43. The van der Waals surface area contributed by atoms with Gasteiger partial charge in [0, 0.05) is 22.7 Å². The van der Waals surface area contributed by atoms with Gasteiger partial charge in [-0.25, -0.2) is 13.8 Å². The number of aromatic amines is 1. The van der Waals surface area contributed by atoms with Gasteiger partial charge < -0.3 is 15.0 Å². The fraction of sp³-hybridized carbons (Fsp3) is 0.250. The molecule has 2 amide bonds. The van der Waals surface area contributed by atoms with Gasteiger partial charge in [-0.1, -0.05) is 11.6 Å². The van der Waals surface area contributed by atoms with Crippen LogP contribution in [0.15, 0.2) is 24.8 Å². The molecule has 3 aromatic heterocycles. The van der Waals surface area contributed by atoms with Crippen molar-refractivity contribution < 1.29 is 18.4 Å². The first kappa shape index (κ1) is 20.3. The first-order chi connectivity index (χ1) is 15.4. The molecule has 164 valence electrons.